The van der Waals surface area contributed by atoms with Crippen molar-refractivity contribution in [2.24, 2.45) is 0 Å². The number of nitrogens with one attached hydrogen (secondary N) is 2. The van der Waals surface area contributed by atoms with Crippen molar-refractivity contribution in [2.45, 2.75) is 19.4 Å². The molecule has 8 heteroatoms. The van der Waals surface area contributed by atoms with Gasteiger partial charge < -0.3 is 15.1 Å². The Kier molecular flexibility index (Phi) is 4.26. The Balaban J connectivity index is 1.75. The summed E-state index contributed by atoms with van der Waals surface area (Å²) in [5.74, 6) is -0.150. The third-order valence-corrected chi connectivity index (χ3v) is 4.29. The largest absolute Gasteiger partial charge is 0.463 e. The van der Waals surface area contributed by atoms with E-state index in [0.29, 0.717) is 22.2 Å². The molecule has 1 aromatic heterocycles. The fraction of sp³-hybridized carbons (Fsp3) is 0.235. The monoisotopic (exact) mass is 361 g/mol. The van der Waals surface area contributed by atoms with Crippen molar-refractivity contribution < 1.29 is 18.8 Å². The van der Waals surface area contributed by atoms with Gasteiger partial charge in [0.2, 0.25) is 5.91 Å². The number of nitrogens with zero attached hydrogens (tertiary/aromatic N) is 1. The van der Waals surface area contributed by atoms with E-state index >= 15 is 0 Å². The van der Waals surface area contributed by atoms with E-state index in [0.717, 1.165) is 4.90 Å². The number of hydrogen-bond acceptors (Lipinski definition) is 4. The van der Waals surface area contributed by atoms with E-state index in [1.54, 1.807) is 43.3 Å². The number of halogens is 1. The van der Waals surface area contributed by atoms with Gasteiger partial charge in [0.15, 0.2) is 5.54 Å². The zero-order valence-corrected chi connectivity index (χ0v) is 14.4. The summed E-state index contributed by atoms with van der Waals surface area (Å²) in [4.78, 5) is 37.9. The first-order valence-electron chi connectivity index (χ1n) is 7.56. The predicted molar refractivity (Wildman–Crippen MR) is 91.1 cm³/mol. The van der Waals surface area contributed by atoms with E-state index in [9.17, 15) is 14.4 Å². The number of carbonyl (C=O) groups is 3. The number of rotatable bonds is 4. The van der Waals surface area contributed by atoms with Gasteiger partial charge >= 0.3 is 6.03 Å². The maximum absolute atomic E-state index is 12.7. The summed E-state index contributed by atoms with van der Waals surface area (Å²) < 4.78 is 5.47. The smallest absolute Gasteiger partial charge is 0.325 e. The fourth-order valence-electron chi connectivity index (χ4n) is 2.61. The first-order chi connectivity index (χ1) is 11.8. The van der Waals surface area contributed by atoms with Crippen molar-refractivity contribution >= 4 is 35.1 Å². The highest BCUT2D eigenvalue weighted by molar-refractivity contribution is 6.33. The minimum Gasteiger partial charge on any atom is -0.463 e. The second-order valence-corrected chi connectivity index (χ2v) is 6.29. The topological polar surface area (TPSA) is 91.7 Å². The van der Waals surface area contributed by atoms with E-state index in [1.807, 2.05) is 0 Å². The first-order valence-corrected chi connectivity index (χ1v) is 7.94. The van der Waals surface area contributed by atoms with Crippen LogP contribution < -0.4 is 10.6 Å². The molecule has 1 saturated heterocycles. The molecule has 2 N–H and O–H groups in total. The van der Waals surface area contributed by atoms with Crippen molar-refractivity contribution in [3.63, 3.8) is 0 Å². The summed E-state index contributed by atoms with van der Waals surface area (Å²) >= 11 is 5.98. The number of para-hydroxylation sites is 1. The highest BCUT2D eigenvalue weighted by Crippen LogP contribution is 2.30. The number of benzene rings is 1. The molecular weight excluding hydrogens is 346 g/mol. The van der Waals surface area contributed by atoms with Crippen molar-refractivity contribution in [1.29, 1.82) is 0 Å². The van der Waals surface area contributed by atoms with E-state index in [1.165, 1.54) is 6.92 Å². The second kappa shape index (κ2) is 6.25. The van der Waals surface area contributed by atoms with E-state index in [-0.39, 0.29) is 0 Å². The summed E-state index contributed by atoms with van der Waals surface area (Å²) in [7, 11) is 0. The molecule has 0 saturated carbocycles. The lowest BCUT2D eigenvalue weighted by atomic mass is 9.99. The van der Waals surface area contributed by atoms with E-state index < -0.39 is 29.9 Å². The highest BCUT2D eigenvalue weighted by Gasteiger charge is 2.51. The van der Waals surface area contributed by atoms with Crippen LogP contribution in [0, 0.1) is 6.92 Å². The van der Waals surface area contributed by atoms with Crippen molar-refractivity contribution in [3.8, 4) is 0 Å². The van der Waals surface area contributed by atoms with E-state index in [2.05, 4.69) is 10.6 Å². The normalized spacial score (nSPS) is 19.9. The van der Waals surface area contributed by atoms with Crippen LogP contribution >= 0.6 is 11.6 Å². The highest BCUT2D eigenvalue weighted by atomic mass is 35.5. The molecule has 25 heavy (non-hydrogen) atoms. The SMILES string of the molecule is Cc1ccc([C@]2(C)NC(=O)N(CC(=O)Nc3ccccc3Cl)C2=O)o1. The lowest BCUT2D eigenvalue weighted by Crippen LogP contribution is -2.41. The van der Waals surface area contributed by atoms with Gasteiger partial charge in [0.1, 0.15) is 18.1 Å². The Labute approximate surface area is 148 Å². The van der Waals surface area contributed by atoms with Gasteiger partial charge in [-0.3, -0.25) is 14.5 Å². The molecule has 1 aliphatic rings. The van der Waals surface area contributed by atoms with Gasteiger partial charge in [-0.25, -0.2) is 4.79 Å². The molecule has 0 radical (unpaired) electrons. The molecule has 7 nitrogen and oxygen atoms in total. The minimum atomic E-state index is -1.34. The summed E-state index contributed by atoms with van der Waals surface area (Å²) in [6, 6.07) is 9.37. The molecule has 0 aliphatic carbocycles. The minimum absolute atomic E-state index is 0.317. The predicted octanol–water partition coefficient (Wildman–Crippen LogP) is 2.65. The third-order valence-electron chi connectivity index (χ3n) is 3.96. The second-order valence-electron chi connectivity index (χ2n) is 5.88. The first kappa shape index (κ1) is 17.0. The maximum atomic E-state index is 12.7. The number of carbonyl (C=O) groups excluding carboxylic acids is 3. The van der Waals surface area contributed by atoms with Crippen LogP contribution in [0.5, 0.6) is 0 Å². The fourth-order valence-corrected chi connectivity index (χ4v) is 2.79. The van der Waals surface area contributed by atoms with E-state index in [4.69, 9.17) is 16.0 Å². The number of furan rings is 1. The van der Waals surface area contributed by atoms with Crippen LogP contribution in [0.1, 0.15) is 18.4 Å². The Morgan fingerprint density at radius 1 is 1.28 bits per heavy atom. The quantitative estimate of drug-likeness (QED) is 0.819. The average molecular weight is 362 g/mol. The van der Waals surface area contributed by atoms with Crippen molar-refractivity contribution in [1.82, 2.24) is 10.2 Å². The Morgan fingerprint density at radius 2 is 2.00 bits per heavy atom. The number of imide groups is 1. The van der Waals surface area contributed by atoms with Gasteiger partial charge in [0, 0.05) is 0 Å². The Morgan fingerprint density at radius 3 is 2.64 bits per heavy atom. The molecule has 0 unspecified atom stereocenters. The molecule has 4 amide bonds. The number of hydrogen-bond donors (Lipinski definition) is 2. The Bertz CT molecular complexity index is 863. The molecular formula is C17H16ClN3O4. The lowest BCUT2D eigenvalue weighted by Gasteiger charge is -2.19. The van der Waals surface area contributed by atoms with Crippen LogP contribution in [0.3, 0.4) is 0 Å². The maximum Gasteiger partial charge on any atom is 0.325 e. The molecule has 3 rings (SSSR count). The standard InChI is InChI=1S/C17H16ClN3O4/c1-10-7-8-13(25-10)17(2)15(23)21(16(24)20-17)9-14(22)19-12-6-4-3-5-11(12)18/h3-8H,9H2,1-2H3,(H,19,22)(H,20,24)/t17-/m0/s1. The third kappa shape index (κ3) is 3.10. The summed E-state index contributed by atoms with van der Waals surface area (Å²) in [6.07, 6.45) is 0. The molecule has 1 aromatic carbocycles. The van der Waals surface area contributed by atoms with Crippen molar-refractivity contribution in [2.75, 3.05) is 11.9 Å². The molecule has 0 spiro atoms. The Hall–Kier alpha value is -2.80. The molecule has 1 atom stereocenters. The number of anilines is 1. The van der Waals surface area contributed by atoms with Crippen LogP contribution in [0.15, 0.2) is 40.8 Å². The van der Waals surface area contributed by atoms with Gasteiger partial charge in [-0.1, -0.05) is 23.7 Å². The van der Waals surface area contributed by atoms with Crippen LogP contribution in [0.2, 0.25) is 5.02 Å². The zero-order chi connectivity index (χ0) is 18.2. The van der Waals surface area contributed by atoms with Crippen LogP contribution in [0.25, 0.3) is 0 Å². The van der Waals surface area contributed by atoms with Gasteiger partial charge in [0.05, 0.1) is 10.7 Å². The zero-order valence-electron chi connectivity index (χ0n) is 13.6. The van der Waals surface area contributed by atoms with Gasteiger partial charge in [-0.2, -0.15) is 0 Å². The van der Waals surface area contributed by atoms with Gasteiger partial charge in [-0.05, 0) is 38.1 Å². The summed E-state index contributed by atoms with van der Waals surface area (Å²) in [6.45, 7) is 2.85. The molecule has 1 aliphatic heterocycles. The number of aryl methyl sites for hydroxylation is 1. The summed E-state index contributed by atoms with van der Waals surface area (Å²) in [5.41, 5.74) is -0.929. The average Bonchev–Trinajstić information content (AvgIpc) is 3.08. The molecule has 1 fully saturated rings. The number of amides is 4. The van der Waals surface area contributed by atoms with Crippen molar-refractivity contribution in [3.05, 3.63) is 52.9 Å². The summed E-state index contributed by atoms with van der Waals surface area (Å²) in [5, 5.41) is 5.52. The lowest BCUT2D eigenvalue weighted by molar-refractivity contribution is -0.134. The number of urea groups is 1. The van der Waals surface area contributed by atoms with Crippen LogP contribution in [-0.4, -0.2) is 29.3 Å². The molecule has 2 aromatic rings. The molecule has 130 valence electrons. The van der Waals surface area contributed by atoms with Gasteiger partial charge in [0.25, 0.3) is 5.91 Å². The van der Waals surface area contributed by atoms with Crippen LogP contribution in [0.4, 0.5) is 10.5 Å². The molecule has 2 heterocycles. The molecule has 0 bridgehead atoms. The van der Waals surface area contributed by atoms with Crippen LogP contribution in [-0.2, 0) is 15.1 Å². The van der Waals surface area contributed by atoms with Gasteiger partial charge in [-0.15, -0.1) is 0 Å².